The van der Waals surface area contributed by atoms with E-state index in [1.807, 2.05) is 0 Å². The lowest BCUT2D eigenvalue weighted by molar-refractivity contribution is 0.0179. The normalized spacial score (nSPS) is 14.2. The average Bonchev–Trinajstić information content (AvgIpc) is 2.29. The van der Waals surface area contributed by atoms with Gasteiger partial charge in [0, 0.05) is 6.61 Å². The summed E-state index contributed by atoms with van der Waals surface area (Å²) >= 11 is 0. The molecule has 0 amide bonds. The van der Waals surface area contributed by atoms with Crippen LogP contribution in [0.1, 0.15) is 17.3 Å². The third kappa shape index (κ3) is 3.94. The Balaban J connectivity index is 2.77. The fourth-order valence-electron chi connectivity index (χ4n) is 1.06. The van der Waals surface area contributed by atoms with Crippen molar-refractivity contribution in [1.82, 2.24) is 0 Å². The third-order valence-corrected chi connectivity index (χ3v) is 3.36. The van der Waals surface area contributed by atoms with Gasteiger partial charge in [-0.2, -0.15) is 0 Å². The minimum Gasteiger partial charge on any atom is -0.478 e. The van der Waals surface area contributed by atoms with Crippen molar-refractivity contribution in [3.05, 3.63) is 29.8 Å². The van der Waals surface area contributed by atoms with Crippen LogP contribution in [0.2, 0.25) is 0 Å². The van der Waals surface area contributed by atoms with Crippen molar-refractivity contribution in [2.45, 2.75) is 6.92 Å². The molecule has 0 aliphatic carbocycles. The number of rotatable bonds is 6. The van der Waals surface area contributed by atoms with Crippen LogP contribution in [-0.2, 0) is 13.8 Å². The van der Waals surface area contributed by atoms with E-state index < -0.39 is 13.6 Å². The molecule has 0 radical (unpaired) electrons. The van der Waals surface area contributed by atoms with Gasteiger partial charge in [0.1, 0.15) is 0 Å². The van der Waals surface area contributed by atoms with E-state index in [0.29, 0.717) is 6.61 Å². The lowest BCUT2D eigenvalue weighted by atomic mass is 10.2. The molecule has 1 aromatic carbocycles. The number of aromatic carboxylic acids is 1. The molecule has 1 unspecified atom stereocenters. The number of carbonyl (C=O) groups is 1. The smallest absolute Gasteiger partial charge is 0.360 e. The van der Waals surface area contributed by atoms with Gasteiger partial charge in [0.25, 0.3) is 0 Å². The predicted octanol–water partition coefficient (Wildman–Crippen LogP) is 1.21. The molecule has 1 atom stereocenters. The molecule has 0 aliphatic heterocycles. The van der Waals surface area contributed by atoms with E-state index in [1.165, 1.54) is 24.3 Å². The van der Waals surface area contributed by atoms with Gasteiger partial charge in [-0.05, 0) is 31.2 Å². The first-order chi connectivity index (χ1) is 7.97. The lowest BCUT2D eigenvalue weighted by Crippen LogP contribution is -2.10. The number of carboxylic acid groups (broad SMARTS) is 1. The van der Waals surface area contributed by atoms with Crippen molar-refractivity contribution in [3.8, 4) is 0 Å². The molecule has 0 bridgehead atoms. The fourth-order valence-corrected chi connectivity index (χ4v) is 1.95. The SMILES string of the molecule is CCOCOP(=O)(O)c1ccc(C(=O)O)cc1. The topological polar surface area (TPSA) is 93.1 Å². The quantitative estimate of drug-likeness (QED) is 0.453. The van der Waals surface area contributed by atoms with Gasteiger partial charge >= 0.3 is 13.6 Å². The summed E-state index contributed by atoms with van der Waals surface area (Å²) in [5, 5.41) is 8.70. The maximum atomic E-state index is 11.7. The highest BCUT2D eigenvalue weighted by atomic mass is 31.2. The van der Waals surface area contributed by atoms with Crippen LogP contribution < -0.4 is 5.30 Å². The second kappa shape index (κ2) is 5.93. The zero-order valence-corrected chi connectivity index (χ0v) is 10.1. The van der Waals surface area contributed by atoms with E-state index in [2.05, 4.69) is 0 Å². The second-order valence-corrected chi connectivity index (χ2v) is 4.93. The molecule has 1 rings (SSSR count). The minimum atomic E-state index is -3.94. The highest BCUT2D eigenvalue weighted by Gasteiger charge is 2.22. The molecular weight excluding hydrogens is 247 g/mol. The van der Waals surface area contributed by atoms with Gasteiger partial charge in [-0.25, -0.2) is 4.79 Å². The molecule has 0 saturated heterocycles. The average molecular weight is 260 g/mol. The number of hydrogen-bond acceptors (Lipinski definition) is 4. The highest BCUT2D eigenvalue weighted by molar-refractivity contribution is 7.61. The summed E-state index contributed by atoms with van der Waals surface area (Å²) in [7, 11) is -3.94. The van der Waals surface area contributed by atoms with Gasteiger partial charge in [-0.3, -0.25) is 9.09 Å². The van der Waals surface area contributed by atoms with Crippen molar-refractivity contribution >= 4 is 18.9 Å². The van der Waals surface area contributed by atoms with E-state index in [0.717, 1.165) is 0 Å². The minimum absolute atomic E-state index is 0.0298. The van der Waals surface area contributed by atoms with Crippen LogP contribution in [0.25, 0.3) is 0 Å². The van der Waals surface area contributed by atoms with Gasteiger partial charge < -0.3 is 14.7 Å². The maximum Gasteiger partial charge on any atom is 0.360 e. The van der Waals surface area contributed by atoms with Crippen LogP contribution in [0.5, 0.6) is 0 Å². The van der Waals surface area contributed by atoms with E-state index in [-0.39, 0.29) is 17.7 Å². The first-order valence-electron chi connectivity index (χ1n) is 4.86. The van der Waals surface area contributed by atoms with Gasteiger partial charge in [0.05, 0.1) is 10.9 Å². The molecular formula is C10H13O6P. The number of hydrogen-bond donors (Lipinski definition) is 2. The van der Waals surface area contributed by atoms with Crippen LogP contribution in [0.4, 0.5) is 0 Å². The standard InChI is InChI=1S/C10H13O6P/c1-2-15-7-16-17(13,14)9-5-3-8(4-6-9)10(11)12/h3-6H,2,7H2,1H3,(H,11,12)(H,13,14). The van der Waals surface area contributed by atoms with Crippen molar-refractivity contribution < 1.29 is 28.6 Å². The zero-order valence-electron chi connectivity index (χ0n) is 9.20. The van der Waals surface area contributed by atoms with Gasteiger partial charge in [-0.1, -0.05) is 0 Å². The maximum absolute atomic E-state index is 11.7. The molecule has 0 spiro atoms. The summed E-state index contributed by atoms with van der Waals surface area (Å²) in [6, 6.07) is 4.97. The van der Waals surface area contributed by atoms with Crippen LogP contribution in [-0.4, -0.2) is 29.4 Å². The van der Waals surface area contributed by atoms with Crippen LogP contribution in [0.3, 0.4) is 0 Å². The van der Waals surface area contributed by atoms with Gasteiger partial charge in [-0.15, -0.1) is 0 Å². The van der Waals surface area contributed by atoms with Gasteiger partial charge in [0.2, 0.25) is 0 Å². The summed E-state index contributed by atoms with van der Waals surface area (Å²) in [5.74, 6) is -1.10. The summed E-state index contributed by atoms with van der Waals surface area (Å²) in [6.07, 6.45) is 0. The van der Waals surface area contributed by atoms with Crippen molar-refractivity contribution in [3.63, 3.8) is 0 Å². The molecule has 0 aromatic heterocycles. The Kier molecular flexibility index (Phi) is 4.84. The second-order valence-electron chi connectivity index (χ2n) is 3.11. The van der Waals surface area contributed by atoms with E-state index in [9.17, 15) is 14.3 Å². The fraction of sp³-hybridized carbons (Fsp3) is 0.300. The number of carboxylic acids is 1. The lowest BCUT2D eigenvalue weighted by Gasteiger charge is -2.12. The summed E-state index contributed by atoms with van der Waals surface area (Å²) in [4.78, 5) is 20.1. The monoisotopic (exact) mass is 260 g/mol. The predicted molar refractivity (Wildman–Crippen MR) is 60.4 cm³/mol. The molecule has 0 saturated carbocycles. The molecule has 0 fully saturated rings. The molecule has 2 N–H and O–H groups in total. The van der Waals surface area contributed by atoms with Crippen LogP contribution >= 0.6 is 7.60 Å². The molecule has 0 aliphatic rings. The Labute approximate surface area is 98.3 Å². The molecule has 7 heteroatoms. The summed E-state index contributed by atoms with van der Waals surface area (Å²) < 4.78 is 21.2. The first-order valence-corrected chi connectivity index (χ1v) is 6.44. The largest absolute Gasteiger partial charge is 0.478 e. The number of ether oxygens (including phenoxy) is 1. The first kappa shape index (κ1) is 13.9. The molecule has 94 valence electrons. The third-order valence-electron chi connectivity index (χ3n) is 1.96. The summed E-state index contributed by atoms with van der Waals surface area (Å²) in [5.41, 5.74) is 0.0403. The molecule has 17 heavy (non-hydrogen) atoms. The number of benzene rings is 1. The van der Waals surface area contributed by atoms with Crippen molar-refractivity contribution in [2.24, 2.45) is 0 Å². The highest BCUT2D eigenvalue weighted by Crippen LogP contribution is 2.40. The van der Waals surface area contributed by atoms with Crippen molar-refractivity contribution in [2.75, 3.05) is 13.4 Å². The Bertz CT molecular complexity index is 427. The van der Waals surface area contributed by atoms with E-state index in [4.69, 9.17) is 14.4 Å². The summed E-state index contributed by atoms with van der Waals surface area (Å²) in [6.45, 7) is 1.82. The molecule has 6 nitrogen and oxygen atoms in total. The Morgan fingerprint density at radius 1 is 1.35 bits per heavy atom. The van der Waals surface area contributed by atoms with Crippen LogP contribution in [0.15, 0.2) is 24.3 Å². The van der Waals surface area contributed by atoms with E-state index >= 15 is 0 Å². The Morgan fingerprint density at radius 3 is 2.41 bits per heavy atom. The van der Waals surface area contributed by atoms with Gasteiger partial charge in [0.15, 0.2) is 6.79 Å². The van der Waals surface area contributed by atoms with E-state index in [1.54, 1.807) is 6.92 Å². The van der Waals surface area contributed by atoms with Crippen molar-refractivity contribution in [1.29, 1.82) is 0 Å². The van der Waals surface area contributed by atoms with Crippen LogP contribution in [0, 0.1) is 0 Å². The molecule has 0 heterocycles. The Morgan fingerprint density at radius 2 is 1.94 bits per heavy atom. The molecule has 1 aromatic rings. The Hall–Kier alpha value is -1.20. The zero-order chi connectivity index (χ0) is 12.9.